The van der Waals surface area contributed by atoms with Crippen molar-refractivity contribution < 1.29 is 24.0 Å². The molecule has 1 aliphatic heterocycles. The molecule has 1 saturated heterocycles. The molecule has 2 aromatic carbocycles. The second-order valence-corrected chi connectivity index (χ2v) is 8.66. The zero-order valence-corrected chi connectivity index (χ0v) is 20.5. The quantitative estimate of drug-likeness (QED) is 0.239. The van der Waals surface area contributed by atoms with Crippen LogP contribution in [0.2, 0.25) is 0 Å². The van der Waals surface area contributed by atoms with Gasteiger partial charge in [0.15, 0.2) is 5.11 Å². The second-order valence-electron chi connectivity index (χ2n) is 8.25. The molecule has 1 fully saturated rings. The molecule has 3 N–H and O–H groups in total. The third-order valence-electron chi connectivity index (χ3n) is 5.90. The van der Waals surface area contributed by atoms with E-state index >= 15 is 0 Å². The Morgan fingerprint density at radius 1 is 1.17 bits per heavy atom. The number of amides is 1. The van der Waals surface area contributed by atoms with Gasteiger partial charge in [-0.15, -0.1) is 0 Å². The Morgan fingerprint density at radius 2 is 1.94 bits per heavy atom. The maximum absolute atomic E-state index is 13.2. The minimum atomic E-state index is -0.538. The summed E-state index contributed by atoms with van der Waals surface area (Å²) in [4.78, 5) is 26.0. The molecule has 36 heavy (non-hydrogen) atoms. The number of nitrogens with zero attached hydrogens (tertiary/aromatic N) is 2. The number of aliphatic hydroxyl groups excluding tert-OH is 1. The highest BCUT2D eigenvalue weighted by atomic mass is 32.1. The van der Waals surface area contributed by atoms with Crippen molar-refractivity contribution in [2.45, 2.75) is 25.9 Å². The van der Waals surface area contributed by atoms with E-state index < -0.39 is 10.8 Å². The number of benzene rings is 2. The molecular formula is C25H26N4O6S. The molecule has 1 amide bonds. The summed E-state index contributed by atoms with van der Waals surface area (Å²) in [5.74, 6) is 0.924. The Balaban J connectivity index is 1.54. The van der Waals surface area contributed by atoms with Crippen LogP contribution in [0.25, 0.3) is 11.3 Å². The monoisotopic (exact) mass is 510 g/mol. The average Bonchev–Trinajstić information content (AvgIpc) is 3.38. The first-order valence-electron chi connectivity index (χ1n) is 11.4. The van der Waals surface area contributed by atoms with Crippen LogP contribution in [0.3, 0.4) is 0 Å². The SMILES string of the molecule is COc1ccc(NC(=S)NC(=O)c2cc([N+](=O)[O-])ccc2N2CCCCC2)cc1-c1ccc(CO)o1. The number of rotatable bonds is 7. The number of nitro benzene ring substituents is 1. The molecule has 0 unspecified atom stereocenters. The molecule has 3 aromatic rings. The van der Waals surface area contributed by atoms with Crippen LogP contribution in [-0.4, -0.2) is 41.2 Å². The number of nitro groups is 1. The zero-order valence-electron chi connectivity index (χ0n) is 19.7. The summed E-state index contributed by atoms with van der Waals surface area (Å²) >= 11 is 5.36. The Morgan fingerprint density at radius 3 is 2.61 bits per heavy atom. The highest BCUT2D eigenvalue weighted by Gasteiger charge is 2.22. The molecule has 0 atom stereocenters. The Kier molecular flexibility index (Phi) is 7.81. The van der Waals surface area contributed by atoms with E-state index in [9.17, 15) is 20.0 Å². The number of anilines is 2. The van der Waals surface area contributed by atoms with Crippen molar-refractivity contribution >= 4 is 40.3 Å². The van der Waals surface area contributed by atoms with Crippen LogP contribution < -0.4 is 20.3 Å². The number of ether oxygens (including phenoxy) is 1. The highest BCUT2D eigenvalue weighted by Crippen LogP contribution is 2.34. The average molecular weight is 511 g/mol. The molecule has 188 valence electrons. The van der Waals surface area contributed by atoms with Gasteiger partial charge in [0.1, 0.15) is 23.9 Å². The predicted molar refractivity (Wildman–Crippen MR) is 139 cm³/mol. The third kappa shape index (κ3) is 5.64. The summed E-state index contributed by atoms with van der Waals surface area (Å²) in [6.07, 6.45) is 3.10. The van der Waals surface area contributed by atoms with E-state index in [0.717, 1.165) is 32.4 Å². The van der Waals surface area contributed by atoms with Gasteiger partial charge in [-0.1, -0.05) is 0 Å². The van der Waals surface area contributed by atoms with Crippen LogP contribution in [0.5, 0.6) is 5.75 Å². The highest BCUT2D eigenvalue weighted by molar-refractivity contribution is 7.80. The van der Waals surface area contributed by atoms with Crippen molar-refractivity contribution in [1.82, 2.24) is 5.32 Å². The van der Waals surface area contributed by atoms with Gasteiger partial charge in [0.25, 0.3) is 11.6 Å². The fraction of sp³-hybridized carbons (Fsp3) is 0.280. The molecule has 4 rings (SSSR count). The van der Waals surface area contributed by atoms with Crippen LogP contribution in [-0.2, 0) is 6.61 Å². The second kappa shape index (κ2) is 11.2. The van der Waals surface area contributed by atoms with Crippen molar-refractivity contribution in [2.24, 2.45) is 0 Å². The number of furan rings is 1. The molecule has 10 nitrogen and oxygen atoms in total. The molecule has 0 bridgehead atoms. The van der Waals surface area contributed by atoms with E-state index in [1.54, 1.807) is 36.4 Å². The lowest BCUT2D eigenvalue weighted by Crippen LogP contribution is -2.36. The van der Waals surface area contributed by atoms with Crippen molar-refractivity contribution in [3.63, 3.8) is 0 Å². The smallest absolute Gasteiger partial charge is 0.270 e. The van der Waals surface area contributed by atoms with Crippen LogP contribution in [0.15, 0.2) is 52.9 Å². The van der Waals surface area contributed by atoms with E-state index in [1.807, 2.05) is 0 Å². The number of piperidine rings is 1. The van der Waals surface area contributed by atoms with Gasteiger partial charge in [0.2, 0.25) is 0 Å². The maximum Gasteiger partial charge on any atom is 0.270 e. The first-order chi connectivity index (χ1) is 17.4. The van der Waals surface area contributed by atoms with Gasteiger partial charge in [-0.05, 0) is 67.9 Å². The predicted octanol–water partition coefficient (Wildman–Crippen LogP) is 4.47. The summed E-state index contributed by atoms with van der Waals surface area (Å²) in [5.41, 5.74) is 1.86. The molecular weight excluding hydrogens is 484 g/mol. The summed E-state index contributed by atoms with van der Waals surface area (Å²) in [6.45, 7) is 1.33. The lowest BCUT2D eigenvalue weighted by molar-refractivity contribution is -0.384. The van der Waals surface area contributed by atoms with E-state index in [-0.39, 0.29) is 23.0 Å². The van der Waals surface area contributed by atoms with Crippen LogP contribution in [0, 0.1) is 10.1 Å². The summed E-state index contributed by atoms with van der Waals surface area (Å²) in [5, 5.41) is 26.3. The normalized spacial score (nSPS) is 13.2. The number of hydrogen-bond donors (Lipinski definition) is 3. The first kappa shape index (κ1) is 25.1. The van der Waals surface area contributed by atoms with Gasteiger partial charge < -0.3 is 24.5 Å². The van der Waals surface area contributed by atoms with Crippen molar-refractivity contribution in [3.8, 4) is 17.1 Å². The van der Waals surface area contributed by atoms with E-state index in [2.05, 4.69) is 15.5 Å². The zero-order chi connectivity index (χ0) is 25.7. The standard InChI is InChI=1S/C25H26N4O6S/c1-34-22-9-5-16(13-20(22)23-10-7-18(15-30)35-23)26-25(36)27-24(31)19-14-17(29(32)33)6-8-21(19)28-11-3-2-4-12-28/h5-10,13-14,30H,2-4,11-12,15H2,1H3,(H2,26,27,31,36). The molecule has 0 radical (unpaired) electrons. The number of methoxy groups -OCH3 is 1. The number of hydrogen-bond acceptors (Lipinski definition) is 8. The van der Waals surface area contributed by atoms with E-state index in [1.165, 1.54) is 19.2 Å². The Bertz CT molecular complexity index is 1290. The van der Waals surface area contributed by atoms with Gasteiger partial charge in [-0.25, -0.2) is 0 Å². The minimum absolute atomic E-state index is 0.0303. The first-order valence-corrected chi connectivity index (χ1v) is 11.8. The summed E-state index contributed by atoms with van der Waals surface area (Å²) in [7, 11) is 1.53. The van der Waals surface area contributed by atoms with Crippen molar-refractivity contribution in [2.75, 3.05) is 30.4 Å². The van der Waals surface area contributed by atoms with Gasteiger partial charge in [0, 0.05) is 30.9 Å². The Hall–Kier alpha value is -3.96. The van der Waals surface area contributed by atoms with Crippen LogP contribution in [0.4, 0.5) is 17.1 Å². The topological polar surface area (TPSA) is 130 Å². The molecule has 0 spiro atoms. The molecule has 11 heteroatoms. The fourth-order valence-corrected chi connectivity index (χ4v) is 4.36. The van der Waals surface area contributed by atoms with E-state index in [4.69, 9.17) is 21.4 Å². The maximum atomic E-state index is 13.2. The summed E-state index contributed by atoms with van der Waals surface area (Å²) in [6, 6.07) is 12.9. The lowest BCUT2D eigenvalue weighted by atomic mass is 10.1. The van der Waals surface area contributed by atoms with Gasteiger partial charge in [-0.2, -0.15) is 0 Å². The van der Waals surface area contributed by atoms with Crippen LogP contribution in [0.1, 0.15) is 35.4 Å². The van der Waals surface area contributed by atoms with Gasteiger partial charge in [-0.3, -0.25) is 20.2 Å². The molecule has 2 heterocycles. The number of thiocarbonyl (C=S) groups is 1. The number of aliphatic hydroxyl groups is 1. The number of nitrogens with one attached hydrogen (secondary N) is 2. The summed E-state index contributed by atoms with van der Waals surface area (Å²) < 4.78 is 11.0. The van der Waals surface area contributed by atoms with E-state index in [0.29, 0.717) is 34.2 Å². The number of carbonyl (C=O) groups is 1. The molecule has 1 aromatic heterocycles. The Labute approximate surface area is 213 Å². The largest absolute Gasteiger partial charge is 0.496 e. The third-order valence-corrected chi connectivity index (χ3v) is 6.10. The van der Waals surface area contributed by atoms with Crippen LogP contribution >= 0.6 is 12.2 Å². The van der Waals surface area contributed by atoms with Crippen molar-refractivity contribution in [1.29, 1.82) is 0 Å². The lowest BCUT2D eigenvalue weighted by Gasteiger charge is -2.30. The number of carbonyl (C=O) groups excluding carboxylic acids is 1. The molecule has 0 saturated carbocycles. The van der Waals surface area contributed by atoms with Gasteiger partial charge >= 0.3 is 0 Å². The minimum Gasteiger partial charge on any atom is -0.496 e. The van der Waals surface area contributed by atoms with Gasteiger partial charge in [0.05, 0.1) is 28.8 Å². The fourth-order valence-electron chi connectivity index (χ4n) is 4.15. The molecule has 1 aliphatic rings. The van der Waals surface area contributed by atoms with Crippen molar-refractivity contribution in [3.05, 3.63) is 70.0 Å². The number of non-ortho nitro benzene ring substituents is 1. The molecule has 0 aliphatic carbocycles.